The number of carboxylic acid groups (broad SMARTS) is 1. The molecule has 0 saturated heterocycles. The van der Waals surface area contributed by atoms with Crippen molar-refractivity contribution in [2.45, 2.75) is 0 Å². The van der Waals surface area contributed by atoms with E-state index in [2.05, 4.69) is 21.4 Å². The van der Waals surface area contributed by atoms with Gasteiger partial charge in [0.2, 0.25) is 9.23 Å². The number of halogens is 2. The van der Waals surface area contributed by atoms with Crippen LogP contribution in [0.5, 0.6) is 0 Å². The molecule has 0 aromatic rings. The Morgan fingerprint density at radius 2 is 1.57 bits per heavy atom. The summed E-state index contributed by atoms with van der Waals surface area (Å²) in [6.45, 7) is -0.250. The van der Waals surface area contributed by atoms with Gasteiger partial charge in [0.1, 0.15) is 0 Å². The van der Waals surface area contributed by atoms with Gasteiger partial charge in [0.05, 0.1) is 0 Å². The average Bonchev–Trinajstić information content (AvgIpc) is 1.33. The van der Waals surface area contributed by atoms with E-state index in [1.54, 1.807) is 0 Å². The van der Waals surface area contributed by atoms with E-state index >= 15 is 0 Å². The largest absolute Gasteiger partial charge is 0.483 e. The first-order chi connectivity index (χ1) is 3.15. The number of carbonyl (C=O) groups is 1. The molecule has 0 radical (unpaired) electrons. The highest BCUT2D eigenvalue weighted by molar-refractivity contribution is 8.26. The van der Waals surface area contributed by atoms with E-state index in [0.29, 0.717) is 0 Å². The molecule has 0 aromatic carbocycles. The van der Waals surface area contributed by atoms with E-state index in [4.69, 9.17) is 14.1 Å². The van der Waals surface area contributed by atoms with Crippen molar-refractivity contribution in [3.63, 3.8) is 0 Å². The Morgan fingerprint density at radius 3 is 1.57 bits per heavy atom. The second-order valence-corrected chi connectivity index (χ2v) is 2.81. The quantitative estimate of drug-likeness (QED) is 0.425. The van der Waals surface area contributed by atoms with Gasteiger partial charge in [-0.3, -0.25) is 4.79 Å². The lowest BCUT2D eigenvalue weighted by molar-refractivity contribution is -0.122. The predicted molar refractivity (Wildman–Crippen MR) is 28.5 cm³/mol. The monoisotopic (exact) mass is 164 g/mol. The van der Waals surface area contributed by atoms with Crippen LogP contribution in [0.25, 0.3) is 0 Å². The van der Waals surface area contributed by atoms with Crippen LogP contribution in [0, 0.1) is 0 Å². The van der Waals surface area contributed by atoms with Crippen LogP contribution in [0.3, 0.4) is 0 Å². The Bertz CT molecular complexity index is 60.0. The van der Waals surface area contributed by atoms with Crippen molar-refractivity contribution < 1.29 is 14.1 Å². The fourth-order valence-corrected chi connectivity index (χ4v) is 0. The molecule has 0 fully saturated rings. The zero-order chi connectivity index (χ0) is 6.28. The molecule has 0 aromatic heterocycles. The van der Waals surface area contributed by atoms with Crippen LogP contribution in [0.4, 0.5) is 0 Å². The van der Waals surface area contributed by atoms with Crippen molar-refractivity contribution >= 4 is 37.1 Å². The summed E-state index contributed by atoms with van der Waals surface area (Å²) in [6.07, 6.45) is 0. The first kappa shape index (κ1) is 10.2. The Kier molecular flexibility index (Phi) is 13.9. The molecule has 0 heterocycles. The summed E-state index contributed by atoms with van der Waals surface area (Å²) >= 11 is 0. The smallest absolute Gasteiger partial charge is 0.290 e. The summed E-state index contributed by atoms with van der Waals surface area (Å²) in [5.74, 6) is 0. The Morgan fingerprint density at radius 1 is 1.57 bits per heavy atom. The number of hydrogen-bond donors (Lipinski definition) is 1. The molecular formula is CH2Cl2O3S. The zero-order valence-corrected chi connectivity index (χ0v) is 5.33. The average molecular weight is 165 g/mol. The summed E-state index contributed by atoms with van der Waals surface area (Å²) in [7, 11) is 7.36. The molecule has 0 unspecified atom stereocenters. The van der Waals surface area contributed by atoms with Gasteiger partial charge in [0, 0.05) is 21.4 Å². The lowest BCUT2D eigenvalue weighted by atomic mass is 11.7. The van der Waals surface area contributed by atoms with Gasteiger partial charge in [0.15, 0.2) is 0 Å². The summed E-state index contributed by atoms with van der Waals surface area (Å²) < 4.78 is 9.09. The summed E-state index contributed by atoms with van der Waals surface area (Å²) in [6, 6.07) is 0. The van der Waals surface area contributed by atoms with E-state index in [-0.39, 0.29) is 6.47 Å². The van der Waals surface area contributed by atoms with Crippen molar-refractivity contribution in [2.24, 2.45) is 0 Å². The first-order valence-corrected chi connectivity index (χ1v) is 3.77. The molecule has 0 saturated carbocycles. The molecule has 0 rings (SSSR count). The van der Waals surface area contributed by atoms with Crippen LogP contribution in [0.15, 0.2) is 0 Å². The third kappa shape index (κ3) is 2730. The molecule has 0 aliphatic heterocycles. The van der Waals surface area contributed by atoms with E-state index < -0.39 is 9.23 Å². The predicted octanol–water partition coefficient (Wildman–Crippen LogP) is 0.744. The van der Waals surface area contributed by atoms with Gasteiger partial charge in [-0.05, 0) is 0 Å². The highest BCUT2D eigenvalue weighted by Gasteiger charge is 1.67. The Labute approximate surface area is 51.7 Å². The van der Waals surface area contributed by atoms with E-state index in [9.17, 15) is 0 Å². The summed E-state index contributed by atoms with van der Waals surface area (Å²) in [5, 5.41) is 6.89. The minimum Gasteiger partial charge on any atom is -0.483 e. The Hall–Kier alpha value is 0.200. The molecule has 44 valence electrons. The number of rotatable bonds is 0. The molecule has 6 heteroatoms. The lowest BCUT2D eigenvalue weighted by Crippen LogP contribution is -1.49. The van der Waals surface area contributed by atoms with E-state index in [1.165, 1.54) is 0 Å². The van der Waals surface area contributed by atoms with Crippen LogP contribution < -0.4 is 0 Å². The maximum Gasteiger partial charge on any atom is 0.290 e. The lowest BCUT2D eigenvalue weighted by Gasteiger charge is -1.50. The Balaban J connectivity index is 0. The second kappa shape index (κ2) is 9.50. The third-order valence-corrected chi connectivity index (χ3v) is 0. The zero-order valence-electron chi connectivity index (χ0n) is 3.01. The van der Waals surface area contributed by atoms with Gasteiger partial charge >= 0.3 is 0 Å². The minimum atomic E-state index is -1.67. The second-order valence-electron chi connectivity index (χ2n) is 0.290. The first-order valence-electron chi connectivity index (χ1n) is 0.969. The molecule has 0 atom stereocenters. The number of hydrogen-bond acceptors (Lipinski definition) is 2. The molecule has 0 amide bonds. The van der Waals surface area contributed by atoms with Crippen molar-refractivity contribution in [3.8, 4) is 0 Å². The summed E-state index contributed by atoms with van der Waals surface area (Å²) in [4.78, 5) is 8.36. The van der Waals surface area contributed by atoms with Crippen LogP contribution in [0.2, 0.25) is 0 Å². The van der Waals surface area contributed by atoms with Crippen LogP contribution in [0.1, 0.15) is 0 Å². The van der Waals surface area contributed by atoms with E-state index in [0.717, 1.165) is 0 Å². The van der Waals surface area contributed by atoms with Gasteiger partial charge < -0.3 is 5.11 Å². The van der Waals surface area contributed by atoms with Crippen LogP contribution in [-0.4, -0.2) is 15.8 Å². The highest BCUT2D eigenvalue weighted by Crippen LogP contribution is 1.89. The van der Waals surface area contributed by atoms with Crippen molar-refractivity contribution in [2.75, 3.05) is 0 Å². The van der Waals surface area contributed by atoms with E-state index in [1.807, 2.05) is 0 Å². The molecule has 0 spiro atoms. The molecule has 0 aliphatic carbocycles. The van der Waals surface area contributed by atoms with Crippen molar-refractivity contribution in [3.05, 3.63) is 0 Å². The maximum absolute atomic E-state index is 9.09. The van der Waals surface area contributed by atoms with Crippen molar-refractivity contribution in [1.82, 2.24) is 0 Å². The van der Waals surface area contributed by atoms with Crippen LogP contribution >= 0.6 is 21.4 Å². The fraction of sp³-hybridized carbons (Fsp3) is 0. The van der Waals surface area contributed by atoms with Crippen LogP contribution in [-0.2, 0) is 14.0 Å². The van der Waals surface area contributed by atoms with Gasteiger partial charge in [-0.25, -0.2) is 4.21 Å². The topological polar surface area (TPSA) is 54.4 Å². The van der Waals surface area contributed by atoms with Gasteiger partial charge in [-0.15, -0.1) is 0 Å². The molecule has 7 heavy (non-hydrogen) atoms. The normalized spacial score (nSPS) is 6.71. The SMILES string of the molecule is O=CO.O=S(Cl)Cl. The molecule has 0 aliphatic rings. The molecule has 3 nitrogen and oxygen atoms in total. The fourth-order valence-electron chi connectivity index (χ4n) is 0. The molecular weight excluding hydrogens is 163 g/mol. The van der Waals surface area contributed by atoms with Gasteiger partial charge in [-0.1, -0.05) is 0 Å². The molecule has 1 N–H and O–H groups in total. The maximum atomic E-state index is 9.09. The highest BCUT2D eigenvalue weighted by atomic mass is 36.0. The standard InChI is InChI=1S/CH2O2.Cl2OS/c2-1-3;1-4(2)3/h1H,(H,2,3);. The van der Waals surface area contributed by atoms with Gasteiger partial charge in [0.25, 0.3) is 6.47 Å². The third-order valence-electron chi connectivity index (χ3n) is 0. The minimum absolute atomic E-state index is 0.250. The van der Waals surface area contributed by atoms with Gasteiger partial charge in [-0.2, -0.15) is 0 Å². The molecule has 0 bridgehead atoms. The summed E-state index contributed by atoms with van der Waals surface area (Å²) in [5.41, 5.74) is 0. The van der Waals surface area contributed by atoms with Crippen molar-refractivity contribution in [1.29, 1.82) is 0 Å².